The fourth-order valence-corrected chi connectivity index (χ4v) is 2.00. The highest BCUT2D eigenvalue weighted by Crippen LogP contribution is 2.32. The van der Waals surface area contributed by atoms with Crippen LogP contribution in [0.5, 0.6) is 0 Å². The maximum Gasteiger partial charge on any atom is 0.0992 e. The number of anilines is 1. The van der Waals surface area contributed by atoms with E-state index in [1.807, 2.05) is 6.07 Å². The standard InChI is InChI=1S/C12H13ClN2O/c13-10-6-9(7-14)2-3-11(10)15-8-12(16)4-1-5-12/h2-3,6,15-16H,1,4-5,8H2. The van der Waals surface area contributed by atoms with Gasteiger partial charge in [0, 0.05) is 6.54 Å². The maximum absolute atomic E-state index is 9.91. The average molecular weight is 237 g/mol. The second-order valence-electron chi connectivity index (χ2n) is 4.24. The van der Waals surface area contributed by atoms with Gasteiger partial charge >= 0.3 is 0 Å². The van der Waals surface area contributed by atoms with Gasteiger partial charge in [-0.25, -0.2) is 0 Å². The minimum Gasteiger partial charge on any atom is -0.388 e. The van der Waals surface area contributed by atoms with Gasteiger partial charge in [0.05, 0.1) is 27.9 Å². The lowest BCUT2D eigenvalue weighted by Crippen LogP contribution is -2.43. The van der Waals surface area contributed by atoms with Crippen molar-refractivity contribution in [3.05, 3.63) is 28.8 Å². The summed E-state index contributed by atoms with van der Waals surface area (Å²) in [6, 6.07) is 7.12. The van der Waals surface area contributed by atoms with Crippen molar-refractivity contribution in [2.75, 3.05) is 11.9 Å². The highest BCUT2D eigenvalue weighted by atomic mass is 35.5. The molecule has 2 rings (SSSR count). The number of nitrogens with one attached hydrogen (secondary N) is 1. The number of aliphatic hydroxyl groups is 1. The van der Waals surface area contributed by atoms with Gasteiger partial charge in [0.2, 0.25) is 0 Å². The van der Waals surface area contributed by atoms with Crippen LogP contribution >= 0.6 is 11.6 Å². The van der Waals surface area contributed by atoms with Gasteiger partial charge in [0.15, 0.2) is 0 Å². The molecule has 0 unspecified atom stereocenters. The third-order valence-electron chi connectivity index (χ3n) is 2.99. The first-order valence-corrected chi connectivity index (χ1v) is 5.67. The lowest BCUT2D eigenvalue weighted by atomic mass is 9.80. The molecule has 0 spiro atoms. The van der Waals surface area contributed by atoms with Gasteiger partial charge in [-0.3, -0.25) is 0 Å². The molecular weight excluding hydrogens is 224 g/mol. The fourth-order valence-electron chi connectivity index (χ4n) is 1.75. The van der Waals surface area contributed by atoms with Gasteiger partial charge in [-0.2, -0.15) is 5.26 Å². The van der Waals surface area contributed by atoms with Gasteiger partial charge in [-0.1, -0.05) is 11.6 Å². The number of hydrogen-bond acceptors (Lipinski definition) is 3. The molecule has 0 amide bonds. The zero-order valence-corrected chi connectivity index (χ0v) is 9.59. The Morgan fingerprint density at radius 3 is 2.75 bits per heavy atom. The quantitative estimate of drug-likeness (QED) is 0.848. The highest BCUT2D eigenvalue weighted by molar-refractivity contribution is 6.33. The molecule has 0 saturated heterocycles. The van der Waals surface area contributed by atoms with Crippen molar-refractivity contribution in [3.8, 4) is 6.07 Å². The largest absolute Gasteiger partial charge is 0.388 e. The monoisotopic (exact) mass is 236 g/mol. The van der Waals surface area contributed by atoms with Crippen LogP contribution in [0.1, 0.15) is 24.8 Å². The average Bonchev–Trinajstić information content (AvgIpc) is 2.25. The summed E-state index contributed by atoms with van der Waals surface area (Å²) in [5.41, 5.74) is 0.732. The Bertz CT molecular complexity index is 435. The molecule has 0 heterocycles. The lowest BCUT2D eigenvalue weighted by Gasteiger charge is -2.36. The molecule has 4 heteroatoms. The van der Waals surface area contributed by atoms with E-state index in [0.717, 1.165) is 24.9 Å². The van der Waals surface area contributed by atoms with Gasteiger partial charge < -0.3 is 10.4 Å². The Balaban J connectivity index is 2.02. The van der Waals surface area contributed by atoms with Crippen molar-refractivity contribution < 1.29 is 5.11 Å². The van der Waals surface area contributed by atoms with E-state index in [-0.39, 0.29) is 0 Å². The van der Waals surface area contributed by atoms with Gasteiger partial charge in [-0.05, 0) is 37.5 Å². The first-order valence-electron chi connectivity index (χ1n) is 5.29. The van der Waals surface area contributed by atoms with E-state index < -0.39 is 5.60 Å². The van der Waals surface area contributed by atoms with E-state index in [0.29, 0.717) is 17.1 Å². The van der Waals surface area contributed by atoms with E-state index in [1.165, 1.54) is 0 Å². The summed E-state index contributed by atoms with van der Waals surface area (Å²) < 4.78 is 0. The molecule has 0 bridgehead atoms. The van der Waals surface area contributed by atoms with Crippen molar-refractivity contribution in [1.82, 2.24) is 0 Å². The van der Waals surface area contributed by atoms with E-state index in [2.05, 4.69) is 5.32 Å². The summed E-state index contributed by atoms with van der Waals surface area (Å²) in [7, 11) is 0. The molecule has 0 radical (unpaired) electrons. The molecular formula is C12H13ClN2O. The third-order valence-corrected chi connectivity index (χ3v) is 3.30. The van der Waals surface area contributed by atoms with Crippen LogP contribution in [0.15, 0.2) is 18.2 Å². The molecule has 0 aromatic heterocycles. The SMILES string of the molecule is N#Cc1ccc(NCC2(O)CCC2)c(Cl)c1. The Kier molecular flexibility index (Phi) is 3.04. The molecule has 1 aromatic rings. The van der Waals surface area contributed by atoms with Crippen LogP contribution in [-0.4, -0.2) is 17.3 Å². The van der Waals surface area contributed by atoms with Gasteiger partial charge in [0.25, 0.3) is 0 Å². The molecule has 0 aliphatic heterocycles. The Hall–Kier alpha value is -1.24. The number of halogens is 1. The van der Waals surface area contributed by atoms with E-state index in [9.17, 15) is 5.11 Å². The second-order valence-corrected chi connectivity index (χ2v) is 4.65. The van der Waals surface area contributed by atoms with Crippen molar-refractivity contribution in [1.29, 1.82) is 5.26 Å². The van der Waals surface area contributed by atoms with Crippen LogP contribution in [0, 0.1) is 11.3 Å². The molecule has 1 fully saturated rings. The van der Waals surface area contributed by atoms with Crippen LogP contribution in [0.2, 0.25) is 5.02 Å². The first-order chi connectivity index (χ1) is 7.63. The summed E-state index contributed by atoms with van der Waals surface area (Å²) in [5, 5.41) is 22.2. The highest BCUT2D eigenvalue weighted by Gasteiger charge is 2.33. The predicted molar refractivity (Wildman–Crippen MR) is 63.5 cm³/mol. The molecule has 16 heavy (non-hydrogen) atoms. The molecule has 1 aliphatic rings. The number of rotatable bonds is 3. The normalized spacial score (nSPS) is 17.3. The predicted octanol–water partition coefficient (Wildman–Crippen LogP) is 2.54. The zero-order chi connectivity index (χ0) is 11.6. The zero-order valence-electron chi connectivity index (χ0n) is 8.83. The van der Waals surface area contributed by atoms with Crippen LogP contribution in [-0.2, 0) is 0 Å². The van der Waals surface area contributed by atoms with Crippen LogP contribution in [0.3, 0.4) is 0 Å². The van der Waals surface area contributed by atoms with Crippen LogP contribution < -0.4 is 5.32 Å². The van der Waals surface area contributed by atoms with Crippen molar-refractivity contribution in [2.24, 2.45) is 0 Å². The number of hydrogen-bond donors (Lipinski definition) is 2. The van der Waals surface area contributed by atoms with Gasteiger partial charge in [-0.15, -0.1) is 0 Å². The number of nitriles is 1. The van der Waals surface area contributed by atoms with Crippen LogP contribution in [0.4, 0.5) is 5.69 Å². The van der Waals surface area contributed by atoms with Gasteiger partial charge in [0.1, 0.15) is 0 Å². The number of benzene rings is 1. The molecule has 84 valence electrons. The summed E-state index contributed by atoms with van der Waals surface area (Å²) in [4.78, 5) is 0. The second kappa shape index (κ2) is 4.32. The van der Waals surface area contributed by atoms with Crippen molar-refractivity contribution in [2.45, 2.75) is 24.9 Å². The maximum atomic E-state index is 9.91. The minimum absolute atomic E-state index is 0.513. The Labute approximate surface area is 99.7 Å². The first kappa shape index (κ1) is 11.3. The molecule has 1 aromatic carbocycles. The number of nitrogens with zero attached hydrogens (tertiary/aromatic N) is 1. The van der Waals surface area contributed by atoms with E-state index in [1.54, 1.807) is 18.2 Å². The molecule has 1 aliphatic carbocycles. The Morgan fingerprint density at radius 2 is 2.25 bits per heavy atom. The van der Waals surface area contributed by atoms with E-state index >= 15 is 0 Å². The summed E-state index contributed by atoms with van der Waals surface area (Å²) >= 11 is 6.00. The third kappa shape index (κ3) is 2.29. The molecule has 1 saturated carbocycles. The van der Waals surface area contributed by atoms with Crippen molar-refractivity contribution in [3.63, 3.8) is 0 Å². The molecule has 2 N–H and O–H groups in total. The lowest BCUT2D eigenvalue weighted by molar-refractivity contribution is -0.0201. The van der Waals surface area contributed by atoms with E-state index in [4.69, 9.17) is 16.9 Å². The fraction of sp³-hybridized carbons (Fsp3) is 0.417. The summed E-state index contributed by atoms with van der Waals surface area (Å²) in [6.07, 6.45) is 2.76. The smallest absolute Gasteiger partial charge is 0.0992 e. The topological polar surface area (TPSA) is 56.0 Å². The summed E-state index contributed by atoms with van der Waals surface area (Å²) in [5.74, 6) is 0. The Morgan fingerprint density at radius 1 is 1.50 bits per heavy atom. The van der Waals surface area contributed by atoms with Crippen molar-refractivity contribution >= 4 is 17.3 Å². The van der Waals surface area contributed by atoms with Crippen LogP contribution in [0.25, 0.3) is 0 Å². The molecule has 0 atom stereocenters. The molecule has 3 nitrogen and oxygen atoms in total. The minimum atomic E-state index is -0.572. The summed E-state index contributed by atoms with van der Waals surface area (Å²) in [6.45, 7) is 0.513.